The molecule has 0 amide bonds. The molecule has 19 heavy (non-hydrogen) atoms. The Kier molecular flexibility index (Phi) is 2.68. The Balaban J connectivity index is 2.08. The highest BCUT2D eigenvalue weighted by Crippen LogP contribution is 2.25. The highest BCUT2D eigenvalue weighted by molar-refractivity contribution is 5.78. The van der Waals surface area contributed by atoms with Crippen LogP contribution < -0.4 is 10.2 Å². The molecular weight excluding hydrogens is 244 g/mol. The van der Waals surface area contributed by atoms with Crippen LogP contribution in [-0.4, -0.2) is 5.11 Å². The summed E-state index contributed by atoms with van der Waals surface area (Å²) in [5.41, 5.74) is 0.0746. The number of phenolic OH excluding ortho intramolecular Hbond substituents is 1. The van der Waals surface area contributed by atoms with Crippen molar-refractivity contribution in [1.29, 1.82) is 0 Å². The van der Waals surface area contributed by atoms with Crippen LogP contribution in [0.5, 0.6) is 17.4 Å². The van der Waals surface area contributed by atoms with E-state index in [9.17, 15) is 9.90 Å². The molecule has 0 bridgehead atoms. The lowest BCUT2D eigenvalue weighted by molar-refractivity contribution is 0.353. The summed E-state index contributed by atoms with van der Waals surface area (Å²) in [6.07, 6.45) is 0. The zero-order valence-corrected chi connectivity index (χ0v) is 9.87. The largest absolute Gasteiger partial charge is 0.508 e. The van der Waals surface area contributed by atoms with Gasteiger partial charge in [-0.15, -0.1) is 0 Å². The molecule has 0 saturated heterocycles. The fourth-order valence-electron chi connectivity index (χ4n) is 1.78. The summed E-state index contributed by atoms with van der Waals surface area (Å²) >= 11 is 0. The van der Waals surface area contributed by atoms with E-state index in [1.165, 1.54) is 24.3 Å². The second-order valence-electron chi connectivity index (χ2n) is 4.03. The van der Waals surface area contributed by atoms with E-state index in [0.29, 0.717) is 16.7 Å². The van der Waals surface area contributed by atoms with E-state index < -0.39 is 0 Å². The van der Waals surface area contributed by atoms with Crippen LogP contribution in [0, 0.1) is 0 Å². The summed E-state index contributed by atoms with van der Waals surface area (Å²) in [5, 5.41) is 9.80. The van der Waals surface area contributed by atoms with Gasteiger partial charge >= 0.3 is 0 Å². The number of aromatic hydroxyl groups is 1. The molecule has 3 rings (SSSR count). The molecule has 0 unspecified atom stereocenters. The van der Waals surface area contributed by atoms with Gasteiger partial charge in [0.2, 0.25) is 0 Å². The molecule has 94 valence electrons. The Bertz CT molecular complexity index is 775. The molecule has 0 atom stereocenters. The van der Waals surface area contributed by atoms with E-state index in [2.05, 4.69) is 0 Å². The fourth-order valence-corrected chi connectivity index (χ4v) is 1.78. The van der Waals surface area contributed by atoms with E-state index in [1.807, 2.05) is 18.2 Å². The van der Waals surface area contributed by atoms with Gasteiger partial charge in [0.25, 0.3) is 5.95 Å². The molecular formula is C15H10O4. The quantitative estimate of drug-likeness (QED) is 0.762. The van der Waals surface area contributed by atoms with Crippen LogP contribution in [0.1, 0.15) is 0 Å². The van der Waals surface area contributed by atoms with Crippen LogP contribution in [0.2, 0.25) is 0 Å². The Morgan fingerprint density at radius 3 is 2.58 bits per heavy atom. The standard InChI is InChI=1S/C15H10O4/c16-10-6-7-12-13(17)9-15(19-14(12)8-10)18-11-4-2-1-3-5-11/h1-9,16H. The van der Waals surface area contributed by atoms with Gasteiger partial charge in [0.15, 0.2) is 5.43 Å². The van der Waals surface area contributed by atoms with Gasteiger partial charge in [0, 0.05) is 6.07 Å². The first-order valence-electron chi connectivity index (χ1n) is 5.72. The maximum Gasteiger partial charge on any atom is 0.294 e. The highest BCUT2D eigenvalue weighted by atomic mass is 16.6. The lowest BCUT2D eigenvalue weighted by Gasteiger charge is -2.05. The van der Waals surface area contributed by atoms with Crippen molar-refractivity contribution in [2.75, 3.05) is 0 Å². The van der Waals surface area contributed by atoms with Crippen molar-refractivity contribution in [2.45, 2.75) is 0 Å². The van der Waals surface area contributed by atoms with Crippen molar-refractivity contribution in [3.05, 3.63) is 64.8 Å². The molecule has 3 aromatic rings. The van der Waals surface area contributed by atoms with Gasteiger partial charge in [-0.05, 0) is 24.3 Å². The molecule has 0 spiro atoms. The smallest absolute Gasteiger partial charge is 0.294 e. The van der Waals surface area contributed by atoms with Crippen molar-refractivity contribution in [1.82, 2.24) is 0 Å². The normalized spacial score (nSPS) is 10.5. The van der Waals surface area contributed by atoms with Crippen molar-refractivity contribution in [3.63, 3.8) is 0 Å². The van der Waals surface area contributed by atoms with Crippen LogP contribution in [-0.2, 0) is 0 Å². The zero-order chi connectivity index (χ0) is 13.2. The Labute approximate surface area is 108 Å². The van der Waals surface area contributed by atoms with Crippen molar-refractivity contribution >= 4 is 11.0 Å². The molecule has 4 heteroatoms. The maximum absolute atomic E-state index is 11.9. The molecule has 1 heterocycles. The lowest BCUT2D eigenvalue weighted by Crippen LogP contribution is -2.00. The Morgan fingerprint density at radius 2 is 1.79 bits per heavy atom. The minimum atomic E-state index is -0.216. The van der Waals surface area contributed by atoms with Crippen LogP contribution in [0.15, 0.2) is 63.8 Å². The van der Waals surface area contributed by atoms with Gasteiger partial charge in [-0.25, -0.2) is 0 Å². The zero-order valence-electron chi connectivity index (χ0n) is 9.87. The summed E-state index contributed by atoms with van der Waals surface area (Å²) in [6.45, 7) is 0. The number of fused-ring (bicyclic) bond motifs is 1. The predicted molar refractivity (Wildman–Crippen MR) is 70.7 cm³/mol. The van der Waals surface area contributed by atoms with E-state index in [0.717, 1.165) is 0 Å². The average Bonchev–Trinajstić information content (AvgIpc) is 2.39. The molecule has 0 aliphatic heterocycles. The van der Waals surface area contributed by atoms with Gasteiger partial charge in [-0.3, -0.25) is 4.79 Å². The van der Waals surface area contributed by atoms with Crippen molar-refractivity contribution < 1.29 is 14.3 Å². The van der Waals surface area contributed by atoms with Crippen LogP contribution >= 0.6 is 0 Å². The first kappa shape index (κ1) is 11.3. The van der Waals surface area contributed by atoms with E-state index in [-0.39, 0.29) is 17.1 Å². The molecule has 2 aromatic carbocycles. The molecule has 0 aliphatic rings. The molecule has 0 radical (unpaired) electrons. The summed E-state index contributed by atoms with van der Waals surface area (Å²) in [5.74, 6) is 0.701. The minimum absolute atomic E-state index is 0.0347. The second-order valence-corrected chi connectivity index (χ2v) is 4.03. The average molecular weight is 254 g/mol. The summed E-state index contributed by atoms with van der Waals surface area (Å²) in [6, 6.07) is 14.6. The first-order valence-corrected chi connectivity index (χ1v) is 5.72. The van der Waals surface area contributed by atoms with Gasteiger partial charge in [0.05, 0.1) is 11.5 Å². The topological polar surface area (TPSA) is 59.7 Å². The minimum Gasteiger partial charge on any atom is -0.508 e. The lowest BCUT2D eigenvalue weighted by atomic mass is 10.2. The second kappa shape index (κ2) is 4.49. The monoisotopic (exact) mass is 254 g/mol. The van der Waals surface area contributed by atoms with E-state index in [4.69, 9.17) is 9.15 Å². The van der Waals surface area contributed by atoms with Crippen LogP contribution in [0.4, 0.5) is 0 Å². The molecule has 0 aliphatic carbocycles. The number of rotatable bonds is 2. The van der Waals surface area contributed by atoms with Crippen molar-refractivity contribution in [2.24, 2.45) is 0 Å². The van der Waals surface area contributed by atoms with Gasteiger partial charge in [-0.2, -0.15) is 0 Å². The highest BCUT2D eigenvalue weighted by Gasteiger charge is 2.07. The summed E-state index contributed by atoms with van der Waals surface area (Å²) in [7, 11) is 0. The van der Waals surface area contributed by atoms with Crippen molar-refractivity contribution in [3.8, 4) is 17.4 Å². The molecule has 0 saturated carbocycles. The van der Waals surface area contributed by atoms with Crippen LogP contribution in [0.25, 0.3) is 11.0 Å². The number of hydrogen-bond acceptors (Lipinski definition) is 4. The van der Waals surface area contributed by atoms with Gasteiger partial charge in [0.1, 0.15) is 17.1 Å². The molecule has 1 aromatic heterocycles. The Hall–Kier alpha value is -2.75. The number of ether oxygens (including phenoxy) is 1. The third-order valence-electron chi connectivity index (χ3n) is 2.65. The fraction of sp³-hybridized carbons (Fsp3) is 0. The van der Waals surface area contributed by atoms with Crippen LogP contribution in [0.3, 0.4) is 0 Å². The third-order valence-corrected chi connectivity index (χ3v) is 2.65. The van der Waals surface area contributed by atoms with Gasteiger partial charge < -0.3 is 14.3 Å². The summed E-state index contributed by atoms with van der Waals surface area (Å²) in [4.78, 5) is 11.9. The number of para-hydroxylation sites is 1. The molecule has 1 N–H and O–H groups in total. The SMILES string of the molecule is O=c1cc(Oc2ccccc2)oc2cc(O)ccc12. The third kappa shape index (κ3) is 2.28. The van der Waals surface area contributed by atoms with E-state index in [1.54, 1.807) is 12.1 Å². The predicted octanol–water partition coefficient (Wildman–Crippen LogP) is 3.29. The Morgan fingerprint density at radius 1 is 1.00 bits per heavy atom. The van der Waals surface area contributed by atoms with E-state index >= 15 is 0 Å². The number of benzene rings is 2. The maximum atomic E-state index is 11.9. The summed E-state index contributed by atoms with van der Waals surface area (Å²) < 4.78 is 10.9. The number of hydrogen-bond donors (Lipinski definition) is 1. The first-order chi connectivity index (χ1) is 9.22. The van der Waals surface area contributed by atoms with Gasteiger partial charge in [-0.1, -0.05) is 18.2 Å². The molecule has 4 nitrogen and oxygen atoms in total. The molecule has 0 fully saturated rings. The number of phenols is 1.